The van der Waals surface area contributed by atoms with Crippen molar-refractivity contribution in [2.24, 2.45) is 0 Å². The van der Waals surface area contributed by atoms with E-state index < -0.39 is 5.91 Å². The van der Waals surface area contributed by atoms with Crippen molar-refractivity contribution in [2.75, 3.05) is 0 Å². The number of thiophene rings is 1. The lowest BCUT2D eigenvalue weighted by Crippen LogP contribution is -2.42. The first-order chi connectivity index (χ1) is 10.4. The number of carbonyl (C=O) groups is 2. The van der Waals surface area contributed by atoms with Gasteiger partial charge in [0.1, 0.15) is 10.6 Å². The molecule has 118 valence electrons. The number of halogens is 2. The van der Waals surface area contributed by atoms with Crippen LogP contribution in [0.4, 0.5) is 0 Å². The van der Waals surface area contributed by atoms with E-state index in [1.807, 2.05) is 19.2 Å². The number of hydrazine groups is 1. The van der Waals surface area contributed by atoms with Gasteiger partial charge in [0.2, 0.25) is 0 Å². The number of hydrogen-bond donors (Lipinski definition) is 2. The summed E-state index contributed by atoms with van der Waals surface area (Å²) in [5, 5.41) is 6.11. The van der Waals surface area contributed by atoms with Gasteiger partial charge in [-0.15, -0.1) is 11.3 Å². The SMILES string of the molecule is CCn1nc(C)c(Br)c1C(=O)NNC(=O)c1scc(C)c1Br. The van der Waals surface area contributed by atoms with Crippen LogP contribution in [0.5, 0.6) is 0 Å². The Hall–Kier alpha value is -1.19. The minimum absolute atomic E-state index is 0.367. The fraction of sp³-hybridized carbons (Fsp3) is 0.308. The van der Waals surface area contributed by atoms with Crippen LogP contribution in [0.3, 0.4) is 0 Å². The summed E-state index contributed by atoms with van der Waals surface area (Å²) in [6.45, 7) is 6.14. The van der Waals surface area contributed by atoms with Gasteiger partial charge in [0.15, 0.2) is 0 Å². The summed E-state index contributed by atoms with van der Waals surface area (Å²) >= 11 is 8.01. The number of amides is 2. The summed E-state index contributed by atoms with van der Waals surface area (Å²) in [6.07, 6.45) is 0. The summed E-state index contributed by atoms with van der Waals surface area (Å²) in [4.78, 5) is 24.9. The predicted octanol–water partition coefficient (Wildman–Crippen LogP) is 3.18. The molecule has 2 heterocycles. The monoisotopic (exact) mass is 448 g/mol. The van der Waals surface area contributed by atoms with Gasteiger partial charge in [-0.2, -0.15) is 5.10 Å². The second-order valence-electron chi connectivity index (χ2n) is 4.53. The number of aryl methyl sites for hydroxylation is 3. The maximum atomic E-state index is 12.3. The lowest BCUT2D eigenvalue weighted by atomic mass is 10.3. The van der Waals surface area contributed by atoms with Crippen molar-refractivity contribution < 1.29 is 9.59 Å². The molecule has 2 amide bonds. The largest absolute Gasteiger partial charge is 0.289 e. The molecule has 0 unspecified atom stereocenters. The number of aromatic nitrogens is 2. The molecule has 0 saturated carbocycles. The smallest absolute Gasteiger partial charge is 0.266 e. The van der Waals surface area contributed by atoms with Gasteiger partial charge in [-0.05, 0) is 63.6 Å². The molecule has 9 heteroatoms. The number of rotatable bonds is 3. The molecular formula is C13H14Br2N4O2S. The van der Waals surface area contributed by atoms with E-state index in [2.05, 4.69) is 47.8 Å². The van der Waals surface area contributed by atoms with Crippen LogP contribution in [0, 0.1) is 13.8 Å². The molecule has 2 aromatic heterocycles. The van der Waals surface area contributed by atoms with E-state index in [1.165, 1.54) is 11.3 Å². The topological polar surface area (TPSA) is 76.0 Å². The lowest BCUT2D eigenvalue weighted by Gasteiger charge is -2.08. The van der Waals surface area contributed by atoms with Crippen LogP contribution in [-0.2, 0) is 6.54 Å². The zero-order chi connectivity index (χ0) is 16.4. The highest BCUT2D eigenvalue weighted by Gasteiger charge is 2.21. The van der Waals surface area contributed by atoms with E-state index in [0.29, 0.717) is 21.6 Å². The number of hydrogen-bond acceptors (Lipinski definition) is 4. The molecule has 0 aliphatic heterocycles. The van der Waals surface area contributed by atoms with Gasteiger partial charge < -0.3 is 0 Å². The molecule has 0 bridgehead atoms. The molecular weight excluding hydrogens is 436 g/mol. The second-order valence-corrected chi connectivity index (χ2v) is 7.00. The predicted molar refractivity (Wildman–Crippen MR) is 92.0 cm³/mol. The second kappa shape index (κ2) is 6.93. The Morgan fingerprint density at radius 1 is 1.23 bits per heavy atom. The Balaban J connectivity index is 2.10. The van der Waals surface area contributed by atoms with E-state index in [4.69, 9.17) is 0 Å². The number of carbonyl (C=O) groups excluding carboxylic acids is 2. The van der Waals surface area contributed by atoms with Crippen LogP contribution in [-0.4, -0.2) is 21.6 Å². The van der Waals surface area contributed by atoms with Crippen molar-refractivity contribution >= 4 is 55.0 Å². The molecule has 0 aliphatic rings. The van der Waals surface area contributed by atoms with Gasteiger partial charge >= 0.3 is 0 Å². The van der Waals surface area contributed by atoms with E-state index in [0.717, 1.165) is 15.7 Å². The summed E-state index contributed by atoms with van der Waals surface area (Å²) < 4.78 is 2.93. The van der Waals surface area contributed by atoms with Crippen LogP contribution in [0.15, 0.2) is 14.3 Å². The fourth-order valence-corrected chi connectivity index (χ4v) is 3.84. The highest BCUT2D eigenvalue weighted by molar-refractivity contribution is 9.11. The Bertz CT molecular complexity index is 739. The Morgan fingerprint density at radius 3 is 2.41 bits per heavy atom. The lowest BCUT2D eigenvalue weighted by molar-refractivity contribution is 0.0842. The maximum absolute atomic E-state index is 12.3. The highest BCUT2D eigenvalue weighted by atomic mass is 79.9. The third kappa shape index (κ3) is 3.26. The molecule has 2 N–H and O–H groups in total. The van der Waals surface area contributed by atoms with Crippen molar-refractivity contribution in [3.05, 3.63) is 36.2 Å². The van der Waals surface area contributed by atoms with Gasteiger partial charge in [0.05, 0.1) is 10.2 Å². The van der Waals surface area contributed by atoms with Crippen molar-refractivity contribution in [1.82, 2.24) is 20.6 Å². The Kier molecular flexibility index (Phi) is 5.41. The van der Waals surface area contributed by atoms with Crippen LogP contribution < -0.4 is 10.9 Å². The molecule has 0 fully saturated rings. The van der Waals surface area contributed by atoms with Gasteiger partial charge in [-0.1, -0.05) is 0 Å². The van der Waals surface area contributed by atoms with Crippen molar-refractivity contribution in [3.8, 4) is 0 Å². The molecule has 0 aliphatic carbocycles. The average Bonchev–Trinajstić information content (AvgIpc) is 2.97. The van der Waals surface area contributed by atoms with Crippen LogP contribution >= 0.6 is 43.2 Å². The summed E-state index contributed by atoms with van der Waals surface area (Å²) in [5.74, 6) is -0.791. The van der Waals surface area contributed by atoms with E-state index >= 15 is 0 Å². The summed E-state index contributed by atoms with van der Waals surface area (Å²) in [7, 11) is 0. The quantitative estimate of drug-likeness (QED) is 0.706. The van der Waals surface area contributed by atoms with Gasteiger partial charge in [-0.25, -0.2) is 0 Å². The Morgan fingerprint density at radius 2 is 1.86 bits per heavy atom. The molecule has 22 heavy (non-hydrogen) atoms. The molecule has 0 saturated heterocycles. The number of nitrogens with one attached hydrogen (secondary N) is 2. The van der Waals surface area contributed by atoms with Crippen molar-refractivity contribution in [1.29, 1.82) is 0 Å². The molecule has 2 rings (SSSR count). The molecule has 0 atom stereocenters. The first-order valence-electron chi connectivity index (χ1n) is 6.44. The van der Waals surface area contributed by atoms with Gasteiger partial charge in [0, 0.05) is 11.0 Å². The molecule has 0 aromatic carbocycles. The Labute approximate surface area is 148 Å². The fourth-order valence-electron chi connectivity index (χ4n) is 1.82. The zero-order valence-electron chi connectivity index (χ0n) is 12.2. The zero-order valence-corrected chi connectivity index (χ0v) is 16.1. The normalized spacial score (nSPS) is 10.6. The van der Waals surface area contributed by atoms with Crippen LogP contribution in [0.1, 0.15) is 38.3 Å². The standard InChI is InChI=1S/C13H14Br2N4O2S/c1-4-19-10(9(15)7(3)18-19)12(20)16-17-13(21)11-8(14)6(2)5-22-11/h5H,4H2,1-3H3,(H,16,20)(H,17,21). The van der Waals surface area contributed by atoms with E-state index in [1.54, 1.807) is 11.6 Å². The summed E-state index contributed by atoms with van der Waals surface area (Å²) in [5.41, 5.74) is 6.91. The van der Waals surface area contributed by atoms with Gasteiger partial charge in [0.25, 0.3) is 11.8 Å². The average molecular weight is 450 g/mol. The minimum atomic E-state index is -0.424. The highest BCUT2D eigenvalue weighted by Crippen LogP contribution is 2.27. The third-order valence-corrected chi connectivity index (χ3v) is 6.29. The molecule has 6 nitrogen and oxygen atoms in total. The van der Waals surface area contributed by atoms with Gasteiger partial charge in [-0.3, -0.25) is 25.1 Å². The maximum Gasteiger partial charge on any atom is 0.289 e. The first kappa shape index (κ1) is 17.2. The first-order valence-corrected chi connectivity index (χ1v) is 8.90. The minimum Gasteiger partial charge on any atom is -0.266 e. The summed E-state index contributed by atoms with van der Waals surface area (Å²) in [6, 6.07) is 0. The van der Waals surface area contributed by atoms with Crippen molar-refractivity contribution in [2.45, 2.75) is 27.3 Å². The molecule has 0 radical (unpaired) electrons. The van der Waals surface area contributed by atoms with E-state index in [-0.39, 0.29) is 5.91 Å². The number of nitrogens with zero attached hydrogens (tertiary/aromatic N) is 2. The third-order valence-electron chi connectivity index (χ3n) is 2.96. The van der Waals surface area contributed by atoms with Crippen molar-refractivity contribution in [3.63, 3.8) is 0 Å². The van der Waals surface area contributed by atoms with E-state index in [9.17, 15) is 9.59 Å². The van der Waals surface area contributed by atoms with Crippen LogP contribution in [0.25, 0.3) is 0 Å². The molecule has 0 spiro atoms. The van der Waals surface area contributed by atoms with Crippen LogP contribution in [0.2, 0.25) is 0 Å². The molecule has 2 aromatic rings.